The van der Waals surface area contributed by atoms with Crippen molar-refractivity contribution in [2.45, 2.75) is 19.9 Å². The summed E-state index contributed by atoms with van der Waals surface area (Å²) in [5.41, 5.74) is 5.54. The van der Waals surface area contributed by atoms with Crippen LogP contribution in [0.5, 0.6) is 0 Å². The highest BCUT2D eigenvalue weighted by molar-refractivity contribution is 7.15. The molecule has 0 bridgehead atoms. The zero-order valence-corrected chi connectivity index (χ0v) is 8.68. The average Bonchev–Trinajstić information content (AvgIpc) is 2.71. The molecule has 4 heteroatoms. The molecule has 1 unspecified atom stereocenters. The molecule has 1 aromatic rings. The SMILES string of the molecule is CC1CCN(c2ncc(CN)s2)C1. The van der Waals surface area contributed by atoms with Gasteiger partial charge >= 0.3 is 0 Å². The van der Waals surface area contributed by atoms with E-state index in [1.165, 1.54) is 11.3 Å². The Bertz CT molecular complexity index is 284. The van der Waals surface area contributed by atoms with Gasteiger partial charge < -0.3 is 10.6 Å². The topological polar surface area (TPSA) is 42.2 Å². The van der Waals surface area contributed by atoms with Gasteiger partial charge in [-0.25, -0.2) is 4.98 Å². The van der Waals surface area contributed by atoms with Crippen LogP contribution in [0.15, 0.2) is 6.20 Å². The number of aromatic nitrogens is 1. The van der Waals surface area contributed by atoms with Crippen LogP contribution in [-0.2, 0) is 6.54 Å². The summed E-state index contributed by atoms with van der Waals surface area (Å²) in [5.74, 6) is 0.810. The first-order valence-corrected chi connectivity index (χ1v) is 5.51. The van der Waals surface area contributed by atoms with E-state index in [4.69, 9.17) is 5.73 Å². The van der Waals surface area contributed by atoms with E-state index in [-0.39, 0.29) is 0 Å². The number of thiazole rings is 1. The Morgan fingerprint density at radius 1 is 1.77 bits per heavy atom. The van der Waals surface area contributed by atoms with E-state index in [2.05, 4.69) is 16.8 Å². The second-order valence-corrected chi connectivity index (χ2v) is 4.75. The Balaban J connectivity index is 2.08. The number of nitrogens with two attached hydrogens (primary N) is 1. The normalized spacial score (nSPS) is 22.6. The van der Waals surface area contributed by atoms with Crippen molar-refractivity contribution < 1.29 is 0 Å². The molecule has 13 heavy (non-hydrogen) atoms. The second-order valence-electron chi connectivity index (χ2n) is 3.65. The molecule has 1 aromatic heterocycles. The van der Waals surface area contributed by atoms with Gasteiger partial charge in [0.05, 0.1) is 0 Å². The number of anilines is 1. The van der Waals surface area contributed by atoms with Crippen molar-refractivity contribution in [2.75, 3.05) is 18.0 Å². The second kappa shape index (κ2) is 3.64. The largest absolute Gasteiger partial charge is 0.348 e. The summed E-state index contributed by atoms with van der Waals surface area (Å²) in [6.45, 7) is 5.20. The highest BCUT2D eigenvalue weighted by atomic mass is 32.1. The van der Waals surface area contributed by atoms with Gasteiger partial charge in [-0.15, -0.1) is 11.3 Å². The van der Waals surface area contributed by atoms with Crippen molar-refractivity contribution in [1.82, 2.24) is 4.98 Å². The third-order valence-corrected chi connectivity index (χ3v) is 3.52. The van der Waals surface area contributed by atoms with Crippen molar-refractivity contribution in [3.63, 3.8) is 0 Å². The lowest BCUT2D eigenvalue weighted by molar-refractivity contribution is 0.659. The van der Waals surface area contributed by atoms with Crippen LogP contribution in [0.4, 0.5) is 5.13 Å². The van der Waals surface area contributed by atoms with Crippen molar-refractivity contribution in [3.8, 4) is 0 Å². The maximum atomic E-state index is 5.54. The van der Waals surface area contributed by atoms with Crippen LogP contribution in [-0.4, -0.2) is 18.1 Å². The number of hydrogen-bond donors (Lipinski definition) is 1. The number of nitrogens with zero attached hydrogens (tertiary/aromatic N) is 2. The van der Waals surface area contributed by atoms with Gasteiger partial charge in [0.1, 0.15) is 0 Å². The highest BCUT2D eigenvalue weighted by Crippen LogP contribution is 2.27. The first-order valence-electron chi connectivity index (χ1n) is 4.69. The van der Waals surface area contributed by atoms with Crippen LogP contribution in [0.1, 0.15) is 18.2 Å². The molecule has 0 amide bonds. The molecule has 1 atom stereocenters. The predicted molar refractivity (Wildman–Crippen MR) is 56.0 cm³/mol. The maximum Gasteiger partial charge on any atom is 0.185 e. The molecular weight excluding hydrogens is 182 g/mol. The quantitative estimate of drug-likeness (QED) is 0.780. The van der Waals surface area contributed by atoms with Crippen molar-refractivity contribution >= 4 is 16.5 Å². The lowest BCUT2D eigenvalue weighted by Gasteiger charge is -2.13. The Kier molecular flexibility index (Phi) is 2.51. The number of rotatable bonds is 2. The molecule has 0 radical (unpaired) electrons. The van der Waals surface area contributed by atoms with Crippen LogP contribution < -0.4 is 10.6 Å². The molecule has 0 aliphatic carbocycles. The zero-order valence-electron chi connectivity index (χ0n) is 7.86. The van der Waals surface area contributed by atoms with E-state index in [1.54, 1.807) is 11.3 Å². The molecule has 3 nitrogen and oxygen atoms in total. The molecule has 0 saturated carbocycles. The molecule has 0 aromatic carbocycles. The van der Waals surface area contributed by atoms with Gasteiger partial charge in [-0.05, 0) is 12.3 Å². The monoisotopic (exact) mass is 197 g/mol. The molecule has 2 N–H and O–H groups in total. The minimum atomic E-state index is 0.612. The van der Waals surface area contributed by atoms with Crippen molar-refractivity contribution in [2.24, 2.45) is 11.7 Å². The van der Waals surface area contributed by atoms with Crippen LogP contribution in [0.3, 0.4) is 0 Å². The fourth-order valence-electron chi connectivity index (χ4n) is 1.65. The van der Waals surface area contributed by atoms with E-state index in [1.807, 2.05) is 6.20 Å². The van der Waals surface area contributed by atoms with Gasteiger partial charge in [0, 0.05) is 30.7 Å². The van der Waals surface area contributed by atoms with Gasteiger partial charge in [0.2, 0.25) is 0 Å². The lowest BCUT2D eigenvalue weighted by Crippen LogP contribution is -2.18. The summed E-state index contributed by atoms with van der Waals surface area (Å²) in [7, 11) is 0. The third-order valence-electron chi connectivity index (χ3n) is 2.44. The van der Waals surface area contributed by atoms with Gasteiger partial charge in [-0.2, -0.15) is 0 Å². The zero-order chi connectivity index (χ0) is 9.26. The van der Waals surface area contributed by atoms with E-state index in [0.717, 1.165) is 24.1 Å². The Hall–Kier alpha value is -0.610. The molecule has 1 aliphatic heterocycles. The molecule has 1 saturated heterocycles. The van der Waals surface area contributed by atoms with E-state index < -0.39 is 0 Å². The van der Waals surface area contributed by atoms with Crippen molar-refractivity contribution in [3.05, 3.63) is 11.1 Å². The first-order chi connectivity index (χ1) is 6.29. The summed E-state index contributed by atoms with van der Waals surface area (Å²) in [5, 5.41) is 1.14. The number of hydrogen-bond acceptors (Lipinski definition) is 4. The minimum absolute atomic E-state index is 0.612. The summed E-state index contributed by atoms with van der Waals surface area (Å²) < 4.78 is 0. The molecule has 72 valence electrons. The Morgan fingerprint density at radius 2 is 2.62 bits per heavy atom. The van der Waals surface area contributed by atoms with Crippen LogP contribution >= 0.6 is 11.3 Å². The van der Waals surface area contributed by atoms with Gasteiger partial charge in [0.25, 0.3) is 0 Å². The molecular formula is C9H15N3S. The fraction of sp³-hybridized carbons (Fsp3) is 0.667. The molecule has 0 spiro atoms. The van der Waals surface area contributed by atoms with Crippen LogP contribution in [0.2, 0.25) is 0 Å². The fourth-order valence-corrected chi connectivity index (χ4v) is 2.47. The average molecular weight is 197 g/mol. The standard InChI is InChI=1S/C9H15N3S/c1-7-2-3-12(6-7)9-11-5-8(4-10)13-9/h5,7H,2-4,6,10H2,1H3. The molecule has 2 rings (SSSR count). The lowest BCUT2D eigenvalue weighted by atomic mass is 10.2. The minimum Gasteiger partial charge on any atom is -0.348 e. The first kappa shape index (κ1) is 8.97. The molecule has 1 aliphatic rings. The van der Waals surface area contributed by atoms with Gasteiger partial charge in [-0.1, -0.05) is 6.92 Å². The van der Waals surface area contributed by atoms with Crippen LogP contribution in [0.25, 0.3) is 0 Å². The van der Waals surface area contributed by atoms with Crippen LogP contribution in [0, 0.1) is 5.92 Å². The smallest absolute Gasteiger partial charge is 0.185 e. The Morgan fingerprint density at radius 3 is 3.15 bits per heavy atom. The molecule has 1 fully saturated rings. The summed E-state index contributed by atoms with van der Waals surface area (Å²) in [6, 6.07) is 0. The van der Waals surface area contributed by atoms with E-state index in [9.17, 15) is 0 Å². The highest BCUT2D eigenvalue weighted by Gasteiger charge is 2.20. The summed E-state index contributed by atoms with van der Waals surface area (Å²) >= 11 is 1.72. The van der Waals surface area contributed by atoms with E-state index in [0.29, 0.717) is 6.54 Å². The van der Waals surface area contributed by atoms with E-state index >= 15 is 0 Å². The third kappa shape index (κ3) is 1.84. The predicted octanol–water partition coefficient (Wildman–Crippen LogP) is 1.45. The Labute approximate surface area is 82.6 Å². The maximum absolute atomic E-state index is 5.54. The van der Waals surface area contributed by atoms with Gasteiger partial charge in [0.15, 0.2) is 5.13 Å². The van der Waals surface area contributed by atoms with Crippen molar-refractivity contribution in [1.29, 1.82) is 0 Å². The van der Waals surface area contributed by atoms with Gasteiger partial charge in [-0.3, -0.25) is 0 Å². The summed E-state index contributed by atoms with van der Waals surface area (Å²) in [4.78, 5) is 7.90. The summed E-state index contributed by atoms with van der Waals surface area (Å²) in [6.07, 6.45) is 3.18. The molecule has 2 heterocycles.